The van der Waals surface area contributed by atoms with Crippen LogP contribution < -0.4 is 5.32 Å². The molecule has 0 unspecified atom stereocenters. The summed E-state index contributed by atoms with van der Waals surface area (Å²) >= 11 is 5.34. The summed E-state index contributed by atoms with van der Waals surface area (Å²) in [6.07, 6.45) is 2.21. The van der Waals surface area contributed by atoms with Gasteiger partial charge in [-0.15, -0.1) is 0 Å². The fourth-order valence-corrected chi connectivity index (χ4v) is 4.28. The quantitative estimate of drug-likeness (QED) is 0.759. The van der Waals surface area contributed by atoms with E-state index in [1.165, 1.54) is 10.8 Å². The second-order valence-electron chi connectivity index (χ2n) is 5.47. The summed E-state index contributed by atoms with van der Waals surface area (Å²) in [5, 5.41) is 7.01. The number of benzene rings is 2. The van der Waals surface area contributed by atoms with E-state index in [1.807, 2.05) is 11.8 Å². The maximum Gasteiger partial charge on any atom is 0.161 e. The third-order valence-corrected chi connectivity index (χ3v) is 5.83. The number of halogens is 1. The lowest BCUT2D eigenvalue weighted by atomic mass is 9.97. The minimum atomic E-state index is 0.134. The third kappa shape index (κ3) is 3.11. The maximum absolute atomic E-state index is 4.91. The number of anilines is 1. The molecule has 1 heterocycles. The van der Waals surface area contributed by atoms with Gasteiger partial charge in [0.1, 0.15) is 0 Å². The van der Waals surface area contributed by atoms with E-state index in [0.717, 1.165) is 33.9 Å². The van der Waals surface area contributed by atoms with Crippen LogP contribution in [0.1, 0.15) is 26.7 Å². The summed E-state index contributed by atoms with van der Waals surface area (Å²) in [6, 6.07) is 12.8. The predicted molar refractivity (Wildman–Crippen MR) is 98.5 cm³/mol. The second-order valence-corrected chi connectivity index (χ2v) is 7.35. The first-order valence-electron chi connectivity index (χ1n) is 7.33. The molecule has 3 rings (SSSR count). The molecule has 1 N–H and O–H groups in total. The SMILES string of the molecule is CCC1(CC)CSC(Nc2ccc3cc(Br)ccc3c2)=N1. The molecule has 0 saturated heterocycles. The maximum atomic E-state index is 4.91. The summed E-state index contributed by atoms with van der Waals surface area (Å²) in [6.45, 7) is 4.45. The van der Waals surface area contributed by atoms with Gasteiger partial charge in [0.2, 0.25) is 0 Å². The molecule has 21 heavy (non-hydrogen) atoms. The Kier molecular flexibility index (Phi) is 4.27. The molecule has 2 aromatic carbocycles. The zero-order chi connectivity index (χ0) is 14.9. The van der Waals surface area contributed by atoms with Gasteiger partial charge in [-0.2, -0.15) is 0 Å². The standard InChI is InChI=1S/C17H19BrN2S/c1-3-17(4-2)11-21-16(20-17)19-15-8-6-12-9-14(18)7-5-13(12)10-15/h5-10H,3-4,11H2,1-2H3,(H,19,20). The Bertz CT molecular complexity index is 692. The van der Waals surface area contributed by atoms with Crippen molar-refractivity contribution in [1.82, 2.24) is 0 Å². The number of hydrogen-bond donors (Lipinski definition) is 1. The van der Waals surface area contributed by atoms with Gasteiger partial charge in [-0.3, -0.25) is 4.99 Å². The van der Waals surface area contributed by atoms with Crippen molar-refractivity contribution in [2.24, 2.45) is 4.99 Å². The summed E-state index contributed by atoms with van der Waals surface area (Å²) < 4.78 is 1.11. The predicted octanol–water partition coefficient (Wildman–Crippen LogP) is 5.68. The fraction of sp³-hybridized carbons (Fsp3) is 0.353. The number of hydrogen-bond acceptors (Lipinski definition) is 3. The molecule has 0 bridgehead atoms. The highest BCUT2D eigenvalue weighted by molar-refractivity contribution is 9.10. The monoisotopic (exact) mass is 362 g/mol. The lowest BCUT2D eigenvalue weighted by Gasteiger charge is -2.20. The minimum Gasteiger partial charge on any atom is -0.335 e. The lowest BCUT2D eigenvalue weighted by Crippen LogP contribution is -2.24. The zero-order valence-corrected chi connectivity index (χ0v) is 14.7. The van der Waals surface area contributed by atoms with Crippen LogP contribution in [0.4, 0.5) is 5.69 Å². The molecular weight excluding hydrogens is 344 g/mol. The van der Waals surface area contributed by atoms with Gasteiger partial charge in [0.25, 0.3) is 0 Å². The molecule has 1 aliphatic heterocycles. The van der Waals surface area contributed by atoms with Crippen molar-refractivity contribution >= 4 is 49.3 Å². The Morgan fingerprint density at radius 1 is 1.14 bits per heavy atom. The molecule has 0 aliphatic carbocycles. The lowest BCUT2D eigenvalue weighted by molar-refractivity contribution is 0.456. The fourth-order valence-electron chi connectivity index (χ4n) is 2.58. The van der Waals surface area contributed by atoms with E-state index < -0.39 is 0 Å². The first-order chi connectivity index (χ1) is 10.1. The van der Waals surface area contributed by atoms with Crippen molar-refractivity contribution in [3.05, 3.63) is 40.9 Å². The van der Waals surface area contributed by atoms with E-state index in [2.05, 4.69) is 71.5 Å². The number of nitrogens with zero attached hydrogens (tertiary/aromatic N) is 1. The average Bonchev–Trinajstić information content (AvgIpc) is 2.91. The van der Waals surface area contributed by atoms with E-state index >= 15 is 0 Å². The minimum absolute atomic E-state index is 0.134. The van der Waals surface area contributed by atoms with Crippen LogP contribution in [0.2, 0.25) is 0 Å². The molecule has 0 fully saturated rings. The van der Waals surface area contributed by atoms with E-state index in [0.29, 0.717) is 0 Å². The van der Waals surface area contributed by atoms with Gasteiger partial charge in [0.15, 0.2) is 5.17 Å². The van der Waals surface area contributed by atoms with Crippen LogP contribution in [-0.4, -0.2) is 16.5 Å². The van der Waals surface area contributed by atoms with Crippen LogP contribution in [0.15, 0.2) is 45.9 Å². The molecule has 0 aromatic heterocycles. The van der Waals surface area contributed by atoms with E-state index in [1.54, 1.807) is 0 Å². The summed E-state index contributed by atoms with van der Waals surface area (Å²) in [7, 11) is 0. The van der Waals surface area contributed by atoms with Gasteiger partial charge >= 0.3 is 0 Å². The highest BCUT2D eigenvalue weighted by Gasteiger charge is 2.32. The summed E-state index contributed by atoms with van der Waals surface area (Å²) in [4.78, 5) is 4.91. The molecule has 1 aliphatic rings. The Balaban J connectivity index is 1.84. The largest absolute Gasteiger partial charge is 0.335 e. The number of nitrogens with one attached hydrogen (secondary N) is 1. The molecule has 0 radical (unpaired) electrons. The van der Waals surface area contributed by atoms with Gasteiger partial charge in [-0.1, -0.05) is 53.7 Å². The Hall–Kier alpha value is -1.00. The molecular formula is C17H19BrN2S. The highest BCUT2D eigenvalue weighted by atomic mass is 79.9. The smallest absolute Gasteiger partial charge is 0.161 e. The van der Waals surface area contributed by atoms with Crippen molar-refractivity contribution in [1.29, 1.82) is 0 Å². The molecule has 0 amide bonds. The van der Waals surface area contributed by atoms with Crippen LogP contribution in [0.3, 0.4) is 0 Å². The van der Waals surface area contributed by atoms with Crippen LogP contribution in [-0.2, 0) is 0 Å². The third-order valence-electron chi connectivity index (χ3n) is 4.19. The van der Waals surface area contributed by atoms with Gasteiger partial charge < -0.3 is 5.32 Å². The first kappa shape index (κ1) is 14.9. The van der Waals surface area contributed by atoms with Crippen molar-refractivity contribution < 1.29 is 0 Å². The van der Waals surface area contributed by atoms with Crippen molar-refractivity contribution in [2.75, 3.05) is 11.1 Å². The topological polar surface area (TPSA) is 24.4 Å². The highest BCUT2D eigenvalue weighted by Crippen LogP contribution is 2.34. The molecule has 110 valence electrons. The van der Waals surface area contributed by atoms with Crippen LogP contribution in [0, 0.1) is 0 Å². The number of amidine groups is 1. The molecule has 0 spiro atoms. The molecule has 4 heteroatoms. The summed E-state index contributed by atoms with van der Waals surface area (Å²) in [5.74, 6) is 1.09. The second kappa shape index (κ2) is 6.01. The van der Waals surface area contributed by atoms with Crippen LogP contribution >= 0.6 is 27.7 Å². The van der Waals surface area contributed by atoms with E-state index in [9.17, 15) is 0 Å². The van der Waals surface area contributed by atoms with Gasteiger partial charge in [-0.05, 0) is 47.9 Å². The van der Waals surface area contributed by atoms with Crippen molar-refractivity contribution in [3.63, 3.8) is 0 Å². The number of aliphatic imine (C=N–C) groups is 1. The van der Waals surface area contributed by atoms with E-state index in [-0.39, 0.29) is 5.54 Å². The number of thioether (sulfide) groups is 1. The Morgan fingerprint density at radius 3 is 2.57 bits per heavy atom. The molecule has 0 saturated carbocycles. The average molecular weight is 363 g/mol. The van der Waals surface area contributed by atoms with Crippen LogP contribution in [0.5, 0.6) is 0 Å². The number of rotatable bonds is 3. The first-order valence-corrected chi connectivity index (χ1v) is 9.11. The Morgan fingerprint density at radius 2 is 1.86 bits per heavy atom. The van der Waals surface area contributed by atoms with Gasteiger partial charge in [0.05, 0.1) is 5.54 Å². The van der Waals surface area contributed by atoms with Crippen LogP contribution in [0.25, 0.3) is 10.8 Å². The van der Waals surface area contributed by atoms with E-state index in [4.69, 9.17) is 4.99 Å². The Labute approximate surface area is 138 Å². The van der Waals surface area contributed by atoms with Gasteiger partial charge in [0, 0.05) is 15.9 Å². The van der Waals surface area contributed by atoms with Gasteiger partial charge in [-0.25, -0.2) is 0 Å². The van der Waals surface area contributed by atoms with Crippen molar-refractivity contribution in [3.8, 4) is 0 Å². The molecule has 2 aromatic rings. The normalized spacial score (nSPS) is 17.0. The zero-order valence-electron chi connectivity index (χ0n) is 12.3. The molecule has 0 atom stereocenters. The summed E-state index contributed by atoms with van der Waals surface area (Å²) in [5.41, 5.74) is 1.24. The van der Waals surface area contributed by atoms with Crippen molar-refractivity contribution in [2.45, 2.75) is 32.2 Å². The number of fused-ring (bicyclic) bond motifs is 1. The molecule has 2 nitrogen and oxygen atoms in total.